The number of guanidine groups is 1. The maximum Gasteiger partial charge on any atom is 0.193 e. The van der Waals surface area contributed by atoms with Gasteiger partial charge in [-0.05, 0) is 38.1 Å². The highest BCUT2D eigenvalue weighted by Gasteiger charge is 2.09. The molecule has 5 nitrogen and oxygen atoms in total. The zero-order valence-corrected chi connectivity index (χ0v) is 16.0. The highest BCUT2D eigenvalue weighted by atomic mass is 35.5. The van der Waals surface area contributed by atoms with Crippen LogP contribution in [0.15, 0.2) is 29.3 Å². The Labute approximate surface area is 152 Å². The van der Waals surface area contributed by atoms with Crippen molar-refractivity contribution in [2.45, 2.75) is 20.4 Å². The number of nitrogens with zero attached hydrogens (tertiary/aromatic N) is 3. The molecule has 0 fully saturated rings. The molecule has 0 aliphatic carbocycles. The molecule has 1 aromatic carbocycles. The summed E-state index contributed by atoms with van der Waals surface area (Å²) in [6.07, 6.45) is 0. The molecule has 1 aromatic heterocycles. The van der Waals surface area contributed by atoms with Gasteiger partial charge in [-0.2, -0.15) is 0 Å². The van der Waals surface area contributed by atoms with E-state index in [4.69, 9.17) is 16.3 Å². The van der Waals surface area contributed by atoms with Crippen molar-refractivity contribution in [2.24, 2.45) is 4.99 Å². The van der Waals surface area contributed by atoms with Crippen molar-refractivity contribution >= 4 is 28.9 Å². The van der Waals surface area contributed by atoms with E-state index in [0.717, 1.165) is 35.5 Å². The highest BCUT2D eigenvalue weighted by Crippen LogP contribution is 2.17. The summed E-state index contributed by atoms with van der Waals surface area (Å²) in [5.41, 5.74) is 1.08. The first-order valence-electron chi connectivity index (χ1n) is 7.72. The second-order valence-electron chi connectivity index (χ2n) is 5.37. The monoisotopic (exact) mass is 366 g/mol. The molecule has 1 heterocycles. The van der Waals surface area contributed by atoms with Crippen molar-refractivity contribution in [2.75, 3.05) is 27.2 Å². The van der Waals surface area contributed by atoms with Gasteiger partial charge in [-0.15, -0.1) is 11.3 Å². The summed E-state index contributed by atoms with van der Waals surface area (Å²) in [6, 6.07) is 7.37. The van der Waals surface area contributed by atoms with Gasteiger partial charge < -0.3 is 15.0 Å². The lowest BCUT2D eigenvalue weighted by Gasteiger charge is -2.22. The summed E-state index contributed by atoms with van der Waals surface area (Å²) in [5.74, 6) is 1.65. The molecule has 24 heavy (non-hydrogen) atoms. The van der Waals surface area contributed by atoms with E-state index in [9.17, 15) is 0 Å². The minimum absolute atomic E-state index is 0.567. The number of ether oxygens (including phenoxy) is 1. The molecule has 7 heteroatoms. The van der Waals surface area contributed by atoms with Gasteiger partial charge in [0.25, 0.3) is 0 Å². The van der Waals surface area contributed by atoms with Crippen LogP contribution in [0.25, 0.3) is 0 Å². The third-order valence-corrected chi connectivity index (χ3v) is 4.81. The highest BCUT2D eigenvalue weighted by molar-refractivity contribution is 7.11. The van der Waals surface area contributed by atoms with Gasteiger partial charge in [-0.25, -0.2) is 4.98 Å². The molecule has 0 atom stereocenters. The first kappa shape index (κ1) is 18.5. The summed E-state index contributed by atoms with van der Waals surface area (Å²) in [5, 5.41) is 5.16. The number of nitrogens with one attached hydrogen (secondary N) is 1. The second kappa shape index (κ2) is 8.89. The molecule has 1 N–H and O–H groups in total. The van der Waals surface area contributed by atoms with Crippen LogP contribution in [0, 0.1) is 13.8 Å². The van der Waals surface area contributed by atoms with E-state index >= 15 is 0 Å². The summed E-state index contributed by atoms with van der Waals surface area (Å²) in [4.78, 5) is 12.0. The number of rotatable bonds is 6. The molecule has 0 bridgehead atoms. The van der Waals surface area contributed by atoms with Gasteiger partial charge in [0.2, 0.25) is 0 Å². The van der Waals surface area contributed by atoms with Crippen molar-refractivity contribution in [3.8, 4) is 5.75 Å². The summed E-state index contributed by atoms with van der Waals surface area (Å²) < 4.78 is 5.72. The topological polar surface area (TPSA) is 49.8 Å². The molecule has 2 rings (SSSR count). The SMILES string of the molecule is CN=C(NCc1sc(C)nc1C)N(C)CCOc1ccc(Cl)cc1. The van der Waals surface area contributed by atoms with Gasteiger partial charge in [-0.1, -0.05) is 11.6 Å². The quantitative estimate of drug-likeness (QED) is 0.628. The Hall–Kier alpha value is -1.79. The standard InChI is InChI=1S/C17H23ClN4OS/c1-12-16(24-13(2)21-12)11-20-17(19-3)22(4)9-10-23-15-7-5-14(18)6-8-15/h5-8H,9-11H2,1-4H3,(H,19,20). The largest absolute Gasteiger partial charge is 0.492 e. The summed E-state index contributed by atoms with van der Waals surface area (Å²) in [6.45, 7) is 6.08. The number of benzene rings is 1. The van der Waals surface area contributed by atoms with Crippen LogP contribution in [0.5, 0.6) is 5.75 Å². The fourth-order valence-electron chi connectivity index (χ4n) is 2.22. The van der Waals surface area contributed by atoms with Crippen molar-refractivity contribution in [3.05, 3.63) is 44.9 Å². The molecule has 0 unspecified atom stereocenters. The molecule has 2 aromatic rings. The summed E-state index contributed by atoms with van der Waals surface area (Å²) >= 11 is 7.58. The first-order valence-corrected chi connectivity index (χ1v) is 8.92. The van der Waals surface area contributed by atoms with Crippen molar-refractivity contribution < 1.29 is 4.74 Å². The number of hydrogen-bond acceptors (Lipinski definition) is 4. The number of aryl methyl sites for hydroxylation is 2. The number of thiazole rings is 1. The van der Waals surface area contributed by atoms with Crippen molar-refractivity contribution in [1.29, 1.82) is 0 Å². The number of hydrogen-bond donors (Lipinski definition) is 1. The van der Waals surface area contributed by atoms with Crippen LogP contribution in [-0.4, -0.2) is 43.1 Å². The smallest absolute Gasteiger partial charge is 0.193 e. The van der Waals surface area contributed by atoms with Crippen LogP contribution < -0.4 is 10.1 Å². The molecule has 0 saturated heterocycles. The average Bonchev–Trinajstić information content (AvgIpc) is 2.87. The lowest BCUT2D eigenvalue weighted by Crippen LogP contribution is -2.40. The van der Waals surface area contributed by atoms with Gasteiger partial charge in [0, 0.05) is 24.0 Å². The van der Waals surface area contributed by atoms with Crippen LogP contribution >= 0.6 is 22.9 Å². The molecule has 0 amide bonds. The minimum Gasteiger partial charge on any atom is -0.492 e. The molecule has 0 saturated carbocycles. The second-order valence-corrected chi connectivity index (χ2v) is 7.09. The zero-order chi connectivity index (χ0) is 17.5. The van der Waals surface area contributed by atoms with Crippen LogP contribution in [-0.2, 0) is 6.54 Å². The van der Waals surface area contributed by atoms with Crippen molar-refractivity contribution in [3.63, 3.8) is 0 Å². The van der Waals surface area contributed by atoms with Gasteiger partial charge >= 0.3 is 0 Å². The van der Waals surface area contributed by atoms with Gasteiger partial charge in [0.15, 0.2) is 5.96 Å². The number of halogens is 1. The molecular weight excluding hydrogens is 344 g/mol. The van der Waals surface area contributed by atoms with Gasteiger partial charge in [0.1, 0.15) is 12.4 Å². The van der Waals surface area contributed by atoms with Crippen LogP contribution in [0.3, 0.4) is 0 Å². The minimum atomic E-state index is 0.567. The Morgan fingerprint density at radius 3 is 2.62 bits per heavy atom. The maximum atomic E-state index is 5.86. The number of likely N-dealkylation sites (N-methyl/N-ethyl adjacent to an activating group) is 1. The van der Waals surface area contributed by atoms with Crippen LogP contribution in [0.4, 0.5) is 0 Å². The first-order chi connectivity index (χ1) is 11.5. The predicted molar refractivity (Wildman–Crippen MR) is 101 cm³/mol. The Kier molecular flexibility index (Phi) is 6.87. The average molecular weight is 367 g/mol. The van der Waals surface area contributed by atoms with Gasteiger partial charge in [-0.3, -0.25) is 4.99 Å². The van der Waals surface area contributed by atoms with Crippen molar-refractivity contribution in [1.82, 2.24) is 15.2 Å². The Morgan fingerprint density at radius 1 is 1.33 bits per heavy atom. The van der Waals surface area contributed by atoms with E-state index in [1.54, 1.807) is 18.4 Å². The normalized spacial score (nSPS) is 11.5. The number of aromatic nitrogens is 1. The predicted octanol–water partition coefficient (Wildman–Crippen LogP) is 3.50. The molecule has 0 aliphatic rings. The third-order valence-electron chi connectivity index (χ3n) is 3.49. The van der Waals surface area contributed by atoms with E-state index in [1.807, 2.05) is 50.1 Å². The Bertz CT molecular complexity index is 684. The Morgan fingerprint density at radius 2 is 2.04 bits per heavy atom. The summed E-state index contributed by atoms with van der Waals surface area (Å²) in [7, 11) is 3.77. The molecule has 0 radical (unpaired) electrons. The lowest BCUT2D eigenvalue weighted by atomic mass is 10.3. The third kappa shape index (κ3) is 5.39. The molecule has 0 aliphatic heterocycles. The molecule has 130 valence electrons. The van der Waals surface area contributed by atoms with Crippen LogP contribution in [0.1, 0.15) is 15.6 Å². The van der Waals surface area contributed by atoms with E-state index in [1.165, 1.54) is 4.88 Å². The Balaban J connectivity index is 1.79. The van der Waals surface area contributed by atoms with E-state index in [0.29, 0.717) is 11.6 Å². The zero-order valence-electron chi connectivity index (χ0n) is 14.5. The molecular formula is C17H23ClN4OS. The fraction of sp³-hybridized carbons (Fsp3) is 0.412. The lowest BCUT2D eigenvalue weighted by molar-refractivity contribution is 0.281. The van der Waals surface area contributed by atoms with E-state index in [2.05, 4.69) is 15.3 Å². The molecule has 0 spiro atoms. The van der Waals surface area contributed by atoms with E-state index < -0.39 is 0 Å². The van der Waals surface area contributed by atoms with E-state index in [-0.39, 0.29) is 0 Å². The van der Waals surface area contributed by atoms with Gasteiger partial charge in [0.05, 0.1) is 23.8 Å². The maximum absolute atomic E-state index is 5.86. The fourth-order valence-corrected chi connectivity index (χ4v) is 3.22. The number of aliphatic imine (C=N–C) groups is 1. The van der Waals surface area contributed by atoms with Crippen LogP contribution in [0.2, 0.25) is 5.02 Å².